The van der Waals surface area contributed by atoms with Crippen LogP contribution in [0.5, 0.6) is 0 Å². The third-order valence-corrected chi connectivity index (χ3v) is 1.91. The van der Waals surface area contributed by atoms with Gasteiger partial charge in [0.05, 0.1) is 17.3 Å². The first-order chi connectivity index (χ1) is 6.15. The maximum atomic E-state index is 11.0. The van der Waals surface area contributed by atoms with Crippen LogP contribution in [0.1, 0.15) is 30.7 Å². The third kappa shape index (κ3) is 2.24. The number of nitrogens with zero attached hydrogens (tertiary/aromatic N) is 2. The van der Waals surface area contributed by atoms with Gasteiger partial charge in [0.25, 0.3) is 0 Å². The Morgan fingerprint density at radius 3 is 2.62 bits per heavy atom. The fraction of sp³-hybridized carbons (Fsp3) is 0.444. The average molecular weight is 179 g/mol. The summed E-state index contributed by atoms with van der Waals surface area (Å²) in [5.74, 6) is -0.659. The van der Waals surface area contributed by atoms with Crippen LogP contribution in [0.15, 0.2) is 12.4 Å². The van der Waals surface area contributed by atoms with E-state index < -0.39 is 0 Å². The Kier molecular flexibility index (Phi) is 2.95. The number of carbonyl (C=O) groups is 1. The van der Waals surface area contributed by atoms with Crippen LogP contribution < -0.4 is 5.73 Å². The number of carbonyl (C=O) groups excluding carboxylic acids is 1. The van der Waals surface area contributed by atoms with Gasteiger partial charge in [-0.2, -0.15) is 0 Å². The molecular weight excluding hydrogens is 166 g/mol. The van der Waals surface area contributed by atoms with Crippen LogP contribution in [-0.4, -0.2) is 15.9 Å². The zero-order chi connectivity index (χ0) is 9.84. The predicted molar refractivity (Wildman–Crippen MR) is 49.0 cm³/mol. The average Bonchev–Trinajstić information content (AvgIpc) is 2.09. The number of hydrogen-bond donors (Lipinski definition) is 1. The summed E-state index contributed by atoms with van der Waals surface area (Å²) >= 11 is 0. The molecule has 1 rings (SSSR count). The first kappa shape index (κ1) is 9.64. The van der Waals surface area contributed by atoms with Crippen LogP contribution in [-0.2, 0) is 4.79 Å². The monoisotopic (exact) mass is 179 g/mol. The first-order valence-electron chi connectivity index (χ1n) is 4.23. The van der Waals surface area contributed by atoms with Crippen molar-refractivity contribution in [1.29, 1.82) is 0 Å². The molecule has 1 heterocycles. The van der Waals surface area contributed by atoms with E-state index in [-0.39, 0.29) is 11.8 Å². The molecule has 4 heteroatoms. The van der Waals surface area contributed by atoms with Crippen molar-refractivity contribution in [2.24, 2.45) is 5.73 Å². The molecular formula is C9H13N3O. The van der Waals surface area contributed by atoms with Gasteiger partial charge in [0.15, 0.2) is 0 Å². The summed E-state index contributed by atoms with van der Waals surface area (Å²) in [6.07, 6.45) is 3.91. The van der Waals surface area contributed by atoms with E-state index in [0.717, 1.165) is 5.69 Å². The number of amides is 1. The minimum absolute atomic E-state index is 0.312. The van der Waals surface area contributed by atoms with E-state index in [1.54, 1.807) is 12.4 Å². The highest BCUT2D eigenvalue weighted by Gasteiger charge is 2.16. The van der Waals surface area contributed by atoms with Crippen LogP contribution in [0.3, 0.4) is 0 Å². The lowest BCUT2D eigenvalue weighted by Crippen LogP contribution is -2.21. The van der Waals surface area contributed by atoms with Gasteiger partial charge in [-0.05, 0) is 13.3 Å². The molecule has 0 bridgehead atoms. The first-order valence-corrected chi connectivity index (χ1v) is 4.23. The molecule has 0 aromatic carbocycles. The Labute approximate surface area is 77.2 Å². The van der Waals surface area contributed by atoms with Crippen LogP contribution in [0, 0.1) is 6.92 Å². The van der Waals surface area contributed by atoms with E-state index in [2.05, 4.69) is 9.97 Å². The molecule has 1 aromatic rings. The fourth-order valence-corrected chi connectivity index (χ4v) is 1.14. The van der Waals surface area contributed by atoms with Gasteiger partial charge < -0.3 is 5.73 Å². The van der Waals surface area contributed by atoms with E-state index in [4.69, 9.17) is 5.73 Å². The van der Waals surface area contributed by atoms with Crippen molar-refractivity contribution >= 4 is 5.91 Å². The van der Waals surface area contributed by atoms with Crippen molar-refractivity contribution in [3.63, 3.8) is 0 Å². The van der Waals surface area contributed by atoms with Gasteiger partial charge in [-0.15, -0.1) is 0 Å². The highest BCUT2D eigenvalue weighted by molar-refractivity contribution is 5.81. The Hall–Kier alpha value is -1.45. The number of primary amides is 1. The van der Waals surface area contributed by atoms with E-state index in [0.29, 0.717) is 12.1 Å². The number of nitrogens with two attached hydrogens (primary N) is 1. The molecule has 1 unspecified atom stereocenters. The van der Waals surface area contributed by atoms with Gasteiger partial charge in [-0.3, -0.25) is 14.8 Å². The zero-order valence-corrected chi connectivity index (χ0v) is 7.82. The molecule has 0 aliphatic carbocycles. The molecule has 1 aromatic heterocycles. The standard InChI is InChI=1S/C9H13N3O/c1-3-7(9(10)13)8-5-11-6(2)4-12-8/h4-5,7H,3H2,1-2H3,(H2,10,13). The van der Waals surface area contributed by atoms with Crippen LogP contribution >= 0.6 is 0 Å². The Bertz CT molecular complexity index is 294. The van der Waals surface area contributed by atoms with E-state index >= 15 is 0 Å². The number of aromatic nitrogens is 2. The molecule has 0 aliphatic rings. The SMILES string of the molecule is CCC(C(N)=O)c1cnc(C)cn1. The van der Waals surface area contributed by atoms with E-state index in [1.165, 1.54) is 0 Å². The van der Waals surface area contributed by atoms with Crippen molar-refractivity contribution in [3.8, 4) is 0 Å². The van der Waals surface area contributed by atoms with Gasteiger partial charge >= 0.3 is 0 Å². The number of aryl methyl sites for hydroxylation is 1. The second-order valence-corrected chi connectivity index (χ2v) is 2.95. The van der Waals surface area contributed by atoms with Gasteiger partial charge in [-0.1, -0.05) is 6.92 Å². The van der Waals surface area contributed by atoms with E-state index in [1.807, 2.05) is 13.8 Å². The van der Waals surface area contributed by atoms with Crippen molar-refractivity contribution in [2.75, 3.05) is 0 Å². The number of hydrogen-bond acceptors (Lipinski definition) is 3. The maximum absolute atomic E-state index is 11.0. The van der Waals surface area contributed by atoms with Crippen molar-refractivity contribution < 1.29 is 4.79 Å². The summed E-state index contributed by atoms with van der Waals surface area (Å²) < 4.78 is 0. The van der Waals surface area contributed by atoms with Gasteiger partial charge in [0.2, 0.25) is 5.91 Å². The molecule has 0 radical (unpaired) electrons. The molecule has 1 atom stereocenters. The highest BCUT2D eigenvalue weighted by Crippen LogP contribution is 2.15. The van der Waals surface area contributed by atoms with Crippen molar-refractivity contribution in [3.05, 3.63) is 23.8 Å². The van der Waals surface area contributed by atoms with Crippen LogP contribution in [0.2, 0.25) is 0 Å². The molecule has 0 fully saturated rings. The van der Waals surface area contributed by atoms with E-state index in [9.17, 15) is 4.79 Å². The Balaban J connectivity index is 2.92. The molecule has 0 saturated carbocycles. The van der Waals surface area contributed by atoms with Gasteiger partial charge in [0.1, 0.15) is 0 Å². The minimum atomic E-state index is -0.347. The summed E-state index contributed by atoms with van der Waals surface area (Å²) in [5.41, 5.74) is 6.70. The van der Waals surface area contributed by atoms with Crippen LogP contribution in [0.25, 0.3) is 0 Å². The maximum Gasteiger partial charge on any atom is 0.226 e. The zero-order valence-electron chi connectivity index (χ0n) is 7.82. The minimum Gasteiger partial charge on any atom is -0.369 e. The summed E-state index contributed by atoms with van der Waals surface area (Å²) in [4.78, 5) is 19.1. The second kappa shape index (κ2) is 3.98. The van der Waals surface area contributed by atoms with Crippen molar-refractivity contribution in [2.45, 2.75) is 26.2 Å². The van der Waals surface area contributed by atoms with Gasteiger partial charge in [-0.25, -0.2) is 0 Å². The second-order valence-electron chi connectivity index (χ2n) is 2.95. The fourth-order valence-electron chi connectivity index (χ4n) is 1.14. The molecule has 1 amide bonds. The predicted octanol–water partition coefficient (Wildman–Crippen LogP) is 0.764. The molecule has 0 aliphatic heterocycles. The summed E-state index contributed by atoms with van der Waals surface area (Å²) in [6, 6.07) is 0. The van der Waals surface area contributed by atoms with Crippen LogP contribution in [0.4, 0.5) is 0 Å². The normalized spacial score (nSPS) is 12.5. The lowest BCUT2D eigenvalue weighted by Gasteiger charge is -2.08. The lowest BCUT2D eigenvalue weighted by molar-refractivity contribution is -0.119. The molecule has 70 valence electrons. The highest BCUT2D eigenvalue weighted by atomic mass is 16.1. The molecule has 4 nitrogen and oxygen atoms in total. The largest absolute Gasteiger partial charge is 0.369 e. The number of rotatable bonds is 3. The molecule has 0 spiro atoms. The molecule has 0 saturated heterocycles. The third-order valence-electron chi connectivity index (χ3n) is 1.91. The lowest BCUT2D eigenvalue weighted by atomic mass is 10.0. The van der Waals surface area contributed by atoms with Gasteiger partial charge in [0, 0.05) is 12.4 Å². The summed E-state index contributed by atoms with van der Waals surface area (Å²) in [6.45, 7) is 3.75. The smallest absolute Gasteiger partial charge is 0.226 e. The molecule has 13 heavy (non-hydrogen) atoms. The quantitative estimate of drug-likeness (QED) is 0.744. The Morgan fingerprint density at radius 1 is 1.54 bits per heavy atom. The Morgan fingerprint density at radius 2 is 2.23 bits per heavy atom. The summed E-state index contributed by atoms with van der Waals surface area (Å²) in [7, 11) is 0. The topological polar surface area (TPSA) is 68.9 Å². The molecule has 2 N–H and O–H groups in total. The van der Waals surface area contributed by atoms with Crippen molar-refractivity contribution in [1.82, 2.24) is 9.97 Å². The summed E-state index contributed by atoms with van der Waals surface area (Å²) in [5, 5.41) is 0.